The van der Waals surface area contributed by atoms with Gasteiger partial charge in [-0.2, -0.15) is 5.10 Å². The fourth-order valence-corrected chi connectivity index (χ4v) is 4.26. The topological polar surface area (TPSA) is 79.5 Å². The minimum atomic E-state index is -0.263. The maximum atomic E-state index is 12.4. The van der Waals surface area contributed by atoms with Crippen LogP contribution in [0.5, 0.6) is 5.75 Å². The molecule has 3 aromatic carbocycles. The van der Waals surface area contributed by atoms with E-state index >= 15 is 0 Å². The number of para-hydroxylation sites is 3. The average molecular weight is 465 g/mol. The molecular weight excluding hydrogens is 444 g/mol. The monoisotopic (exact) mass is 464 g/mol. The first kappa shape index (κ1) is 21.9. The molecule has 1 heterocycles. The number of amides is 1. The molecule has 0 aliphatic heterocycles. The number of carbonyl (C=O) groups is 1. The molecule has 32 heavy (non-hydrogen) atoms. The highest BCUT2D eigenvalue weighted by Gasteiger charge is 2.14. The van der Waals surface area contributed by atoms with Gasteiger partial charge in [0.05, 0.1) is 29.0 Å². The molecule has 0 unspecified atom stereocenters. The maximum Gasteiger partial charge on any atom is 0.250 e. The van der Waals surface area contributed by atoms with Gasteiger partial charge in [-0.05, 0) is 42.8 Å². The zero-order valence-electron chi connectivity index (χ0n) is 17.3. The summed E-state index contributed by atoms with van der Waals surface area (Å²) >= 11 is 7.70. The smallest absolute Gasteiger partial charge is 0.250 e. The molecule has 0 atom stereocenters. The van der Waals surface area contributed by atoms with Gasteiger partial charge in [-0.25, -0.2) is 10.4 Å². The van der Waals surface area contributed by atoms with Crippen LogP contribution in [0.4, 0.5) is 0 Å². The summed E-state index contributed by atoms with van der Waals surface area (Å²) in [5.74, 6) is -0.00424. The highest BCUT2D eigenvalue weighted by atomic mass is 35.5. The summed E-state index contributed by atoms with van der Waals surface area (Å²) in [7, 11) is 0. The number of imidazole rings is 1. The quantitative estimate of drug-likeness (QED) is 0.227. The highest BCUT2D eigenvalue weighted by Crippen LogP contribution is 2.27. The van der Waals surface area contributed by atoms with Crippen LogP contribution in [0.3, 0.4) is 0 Å². The Hall–Kier alpha value is -3.29. The second-order valence-electron chi connectivity index (χ2n) is 7.10. The molecule has 0 saturated carbocycles. The highest BCUT2D eigenvalue weighted by molar-refractivity contribution is 7.99. The molecule has 0 spiro atoms. The summed E-state index contributed by atoms with van der Waals surface area (Å²) in [6.07, 6.45) is 0. The van der Waals surface area contributed by atoms with E-state index in [0.29, 0.717) is 22.8 Å². The van der Waals surface area contributed by atoms with Gasteiger partial charge in [0.25, 0.3) is 5.91 Å². The first-order valence-corrected chi connectivity index (χ1v) is 11.3. The zero-order valence-corrected chi connectivity index (χ0v) is 18.9. The Morgan fingerprint density at radius 2 is 1.81 bits per heavy atom. The van der Waals surface area contributed by atoms with E-state index in [9.17, 15) is 9.90 Å². The van der Waals surface area contributed by atoms with Gasteiger partial charge in [0.15, 0.2) is 5.16 Å². The summed E-state index contributed by atoms with van der Waals surface area (Å²) in [6.45, 7) is 2.28. The molecule has 4 rings (SSSR count). The lowest BCUT2D eigenvalue weighted by molar-refractivity contribution is -0.118. The molecule has 1 aromatic heterocycles. The molecule has 6 nitrogen and oxygen atoms in total. The van der Waals surface area contributed by atoms with Gasteiger partial charge in [-0.15, -0.1) is 0 Å². The van der Waals surface area contributed by atoms with Crippen LogP contribution >= 0.6 is 23.4 Å². The van der Waals surface area contributed by atoms with E-state index in [1.807, 2.05) is 48.5 Å². The predicted molar refractivity (Wildman–Crippen MR) is 129 cm³/mol. The molecule has 0 aliphatic rings. The predicted octanol–water partition coefficient (Wildman–Crippen LogP) is 5.08. The molecule has 1 amide bonds. The van der Waals surface area contributed by atoms with Crippen molar-refractivity contribution < 1.29 is 9.90 Å². The van der Waals surface area contributed by atoms with Gasteiger partial charge in [-0.1, -0.05) is 65.8 Å². The molecule has 0 bridgehead atoms. The molecule has 8 heteroatoms. The Kier molecular flexibility index (Phi) is 6.78. The molecule has 2 N–H and O–H groups in total. The summed E-state index contributed by atoms with van der Waals surface area (Å²) in [6, 6.07) is 22.4. The van der Waals surface area contributed by atoms with Gasteiger partial charge in [0, 0.05) is 10.6 Å². The van der Waals surface area contributed by atoms with Crippen molar-refractivity contribution in [3.8, 4) is 5.75 Å². The summed E-state index contributed by atoms with van der Waals surface area (Å²) in [4.78, 5) is 17.1. The number of carbonyl (C=O) groups excluding carboxylic acids is 1. The number of phenols is 1. The number of benzene rings is 3. The maximum absolute atomic E-state index is 12.4. The lowest BCUT2D eigenvalue weighted by Crippen LogP contribution is -2.21. The van der Waals surface area contributed by atoms with E-state index in [1.54, 1.807) is 31.2 Å². The number of fused-ring (bicyclic) bond motifs is 1. The molecule has 162 valence electrons. The van der Waals surface area contributed by atoms with E-state index in [4.69, 9.17) is 16.6 Å². The molecule has 0 radical (unpaired) electrons. The molecule has 0 aliphatic carbocycles. The van der Waals surface area contributed by atoms with Crippen molar-refractivity contribution >= 4 is 46.0 Å². The third kappa shape index (κ3) is 4.95. The number of aromatic nitrogens is 2. The lowest BCUT2D eigenvalue weighted by atomic mass is 10.1. The second kappa shape index (κ2) is 9.89. The van der Waals surface area contributed by atoms with E-state index in [2.05, 4.69) is 15.1 Å². The number of hydrogen-bond donors (Lipinski definition) is 2. The number of thioether (sulfide) groups is 1. The summed E-state index contributed by atoms with van der Waals surface area (Å²) in [5, 5.41) is 15.4. The normalized spacial score (nSPS) is 11.6. The van der Waals surface area contributed by atoms with Crippen molar-refractivity contribution in [3.05, 3.63) is 88.9 Å². The fraction of sp³-hybridized carbons (Fsp3) is 0.125. The molecule has 0 fully saturated rings. The van der Waals surface area contributed by atoms with Crippen LogP contribution < -0.4 is 5.43 Å². The third-order valence-electron chi connectivity index (χ3n) is 4.88. The number of nitrogens with zero attached hydrogens (tertiary/aromatic N) is 3. The van der Waals surface area contributed by atoms with Crippen molar-refractivity contribution in [2.45, 2.75) is 18.6 Å². The van der Waals surface area contributed by atoms with Gasteiger partial charge >= 0.3 is 0 Å². The van der Waals surface area contributed by atoms with Crippen LogP contribution in [0.15, 0.2) is 83.1 Å². The Labute approximate surface area is 194 Å². The van der Waals surface area contributed by atoms with Crippen LogP contribution in [0, 0.1) is 0 Å². The number of hydrazone groups is 1. The molecule has 0 saturated heterocycles. The number of hydrogen-bond acceptors (Lipinski definition) is 5. The number of phenolic OH excluding ortho intramolecular Hbond substituents is 1. The Morgan fingerprint density at radius 1 is 1.09 bits per heavy atom. The van der Waals surface area contributed by atoms with E-state index in [-0.39, 0.29) is 17.4 Å². The fourth-order valence-electron chi connectivity index (χ4n) is 3.26. The van der Waals surface area contributed by atoms with Crippen molar-refractivity contribution in [1.29, 1.82) is 0 Å². The van der Waals surface area contributed by atoms with Gasteiger partial charge in [-0.3, -0.25) is 4.79 Å². The minimum Gasteiger partial charge on any atom is -0.507 e. The van der Waals surface area contributed by atoms with E-state index in [0.717, 1.165) is 21.8 Å². The first-order chi connectivity index (χ1) is 15.5. The Morgan fingerprint density at radius 3 is 2.62 bits per heavy atom. The number of rotatable bonds is 7. The van der Waals surface area contributed by atoms with Crippen LogP contribution in [-0.2, 0) is 11.3 Å². The third-order valence-corrected chi connectivity index (χ3v) is 6.23. The Balaban J connectivity index is 1.49. The lowest BCUT2D eigenvalue weighted by Gasteiger charge is -2.10. The molecule has 4 aromatic rings. The summed E-state index contributed by atoms with van der Waals surface area (Å²) in [5.41, 5.74) is 6.45. The van der Waals surface area contributed by atoms with Crippen molar-refractivity contribution in [2.75, 3.05) is 5.75 Å². The van der Waals surface area contributed by atoms with Crippen LogP contribution in [0.25, 0.3) is 11.0 Å². The Bertz CT molecular complexity index is 1300. The van der Waals surface area contributed by atoms with Gasteiger partial charge in [0.1, 0.15) is 5.75 Å². The first-order valence-electron chi connectivity index (χ1n) is 9.96. The summed E-state index contributed by atoms with van der Waals surface area (Å²) < 4.78 is 2.06. The zero-order chi connectivity index (χ0) is 22.5. The second-order valence-corrected chi connectivity index (χ2v) is 8.45. The van der Waals surface area contributed by atoms with Crippen LogP contribution in [0.1, 0.15) is 18.1 Å². The SMILES string of the molecule is C/C(=N/NC(=O)CSc1nc2ccccc2n1Cc1ccccc1Cl)c1ccccc1O. The molecular formula is C24H21ClN4O2S. The van der Waals surface area contributed by atoms with Gasteiger partial charge < -0.3 is 9.67 Å². The van der Waals surface area contributed by atoms with Gasteiger partial charge in [0.2, 0.25) is 0 Å². The average Bonchev–Trinajstić information content (AvgIpc) is 3.15. The number of nitrogens with one attached hydrogen (secondary N) is 1. The van der Waals surface area contributed by atoms with E-state index in [1.165, 1.54) is 11.8 Å². The van der Waals surface area contributed by atoms with Crippen LogP contribution in [-0.4, -0.2) is 32.0 Å². The minimum absolute atomic E-state index is 0.116. The van der Waals surface area contributed by atoms with Crippen molar-refractivity contribution in [1.82, 2.24) is 15.0 Å². The van der Waals surface area contributed by atoms with E-state index < -0.39 is 0 Å². The standard InChI is InChI=1S/C24H21ClN4O2S/c1-16(18-9-3-7-13-22(18)30)27-28-23(31)15-32-24-26-20-11-5-6-12-21(20)29(24)14-17-8-2-4-10-19(17)25/h2-13,30H,14-15H2,1H3,(H,28,31)/b27-16-. The van der Waals surface area contributed by atoms with Crippen LogP contribution in [0.2, 0.25) is 5.02 Å². The number of aromatic hydroxyl groups is 1. The number of halogens is 1. The van der Waals surface area contributed by atoms with Crippen molar-refractivity contribution in [3.63, 3.8) is 0 Å². The van der Waals surface area contributed by atoms with Crippen molar-refractivity contribution in [2.24, 2.45) is 5.10 Å². The largest absolute Gasteiger partial charge is 0.507 e.